The summed E-state index contributed by atoms with van der Waals surface area (Å²) in [5.41, 5.74) is 0.253. The molecular weight excluding hydrogens is 403 g/mol. The number of anilines is 1. The lowest BCUT2D eigenvalue weighted by molar-refractivity contribution is -0.387. The molecule has 0 fully saturated rings. The van der Waals surface area contributed by atoms with Crippen LogP contribution in [0.25, 0.3) is 22.3 Å². The van der Waals surface area contributed by atoms with Gasteiger partial charge in [-0.3, -0.25) is 19.7 Å². The number of halogens is 1. The Morgan fingerprint density at radius 1 is 1.06 bits per heavy atom. The van der Waals surface area contributed by atoms with Gasteiger partial charge in [0.1, 0.15) is 5.76 Å². The number of fused-ring (bicyclic) bond motifs is 1. The lowest BCUT2D eigenvalue weighted by Crippen LogP contribution is -2.15. The van der Waals surface area contributed by atoms with Crippen LogP contribution < -0.4 is 10.7 Å². The summed E-state index contributed by atoms with van der Waals surface area (Å²) in [6.45, 7) is 1.65. The highest BCUT2D eigenvalue weighted by Crippen LogP contribution is 2.28. The smallest absolute Gasteiger partial charge is 0.306 e. The average molecular weight is 418 g/mol. The summed E-state index contributed by atoms with van der Waals surface area (Å²) in [6, 6.07) is 16.6. The van der Waals surface area contributed by atoms with E-state index >= 15 is 0 Å². The Morgan fingerprint density at radius 2 is 1.81 bits per heavy atom. The lowest BCUT2D eigenvalue weighted by atomic mass is 10.0. The van der Waals surface area contributed by atoms with E-state index in [1.165, 1.54) is 12.1 Å². The second kappa shape index (κ2) is 7.83. The van der Waals surface area contributed by atoms with E-state index in [0.717, 1.165) is 12.1 Å². The summed E-state index contributed by atoms with van der Waals surface area (Å²) >= 11 is 0. The zero-order valence-corrected chi connectivity index (χ0v) is 16.2. The number of rotatable bonds is 4. The number of carbonyl (C=O) groups is 1. The zero-order valence-electron chi connectivity index (χ0n) is 16.2. The third-order valence-corrected chi connectivity index (χ3v) is 4.83. The number of amides is 1. The summed E-state index contributed by atoms with van der Waals surface area (Å²) in [6.07, 6.45) is 0. The van der Waals surface area contributed by atoms with Crippen molar-refractivity contribution in [1.29, 1.82) is 0 Å². The minimum Gasteiger partial charge on any atom is -0.455 e. The summed E-state index contributed by atoms with van der Waals surface area (Å²) < 4.78 is 19.6. The van der Waals surface area contributed by atoms with Gasteiger partial charge in [0.2, 0.25) is 5.82 Å². The van der Waals surface area contributed by atoms with Gasteiger partial charge in [-0.15, -0.1) is 0 Å². The van der Waals surface area contributed by atoms with Crippen molar-refractivity contribution in [2.45, 2.75) is 6.92 Å². The van der Waals surface area contributed by atoms with E-state index in [1.54, 1.807) is 43.3 Å². The van der Waals surface area contributed by atoms with Crippen LogP contribution in [0.5, 0.6) is 0 Å². The molecule has 0 unspecified atom stereocenters. The molecule has 7 nitrogen and oxygen atoms in total. The third kappa shape index (κ3) is 3.66. The molecule has 1 aromatic heterocycles. The molecule has 4 aromatic rings. The molecule has 8 heteroatoms. The van der Waals surface area contributed by atoms with Crippen molar-refractivity contribution >= 4 is 28.3 Å². The Morgan fingerprint density at radius 3 is 2.52 bits per heavy atom. The van der Waals surface area contributed by atoms with Gasteiger partial charge in [-0.1, -0.05) is 36.4 Å². The van der Waals surface area contributed by atoms with Crippen LogP contribution in [0.4, 0.5) is 15.8 Å². The summed E-state index contributed by atoms with van der Waals surface area (Å²) in [4.78, 5) is 35.9. The maximum Gasteiger partial charge on any atom is 0.306 e. The van der Waals surface area contributed by atoms with Crippen LogP contribution in [0.15, 0.2) is 75.9 Å². The van der Waals surface area contributed by atoms with Gasteiger partial charge < -0.3 is 9.73 Å². The van der Waals surface area contributed by atoms with Gasteiger partial charge in [-0.05, 0) is 31.2 Å². The monoisotopic (exact) mass is 418 g/mol. The van der Waals surface area contributed by atoms with Crippen LogP contribution >= 0.6 is 0 Å². The van der Waals surface area contributed by atoms with Crippen molar-refractivity contribution in [1.82, 2.24) is 0 Å². The molecule has 0 radical (unpaired) electrons. The summed E-state index contributed by atoms with van der Waals surface area (Å²) in [5, 5.41) is 13.7. The molecule has 0 saturated heterocycles. The van der Waals surface area contributed by atoms with E-state index in [4.69, 9.17) is 4.42 Å². The third-order valence-electron chi connectivity index (χ3n) is 4.83. The molecule has 0 spiro atoms. The van der Waals surface area contributed by atoms with Gasteiger partial charge in [-0.2, -0.15) is 4.39 Å². The Labute approximate surface area is 174 Å². The lowest BCUT2D eigenvalue weighted by Gasteiger charge is -2.11. The van der Waals surface area contributed by atoms with Gasteiger partial charge in [0.05, 0.1) is 15.9 Å². The molecular formula is C23H15FN2O5. The topological polar surface area (TPSA) is 102 Å². The van der Waals surface area contributed by atoms with Gasteiger partial charge in [0, 0.05) is 22.9 Å². The molecule has 4 rings (SSSR count). The van der Waals surface area contributed by atoms with E-state index in [2.05, 4.69) is 5.32 Å². The minimum absolute atomic E-state index is 0.0350. The SMILES string of the molecule is Cc1c(-c2ccccc2)oc2c(C(=O)Nc3ccc(F)c([N+](=O)[O-])c3)cccc2c1=O. The van der Waals surface area contributed by atoms with Crippen molar-refractivity contribution in [3.8, 4) is 11.3 Å². The number of benzene rings is 3. The maximum atomic E-state index is 13.6. The normalized spacial score (nSPS) is 10.8. The first-order valence-corrected chi connectivity index (χ1v) is 9.24. The average Bonchev–Trinajstić information content (AvgIpc) is 2.77. The maximum absolute atomic E-state index is 13.6. The predicted molar refractivity (Wildman–Crippen MR) is 114 cm³/mol. The molecule has 0 atom stereocenters. The highest BCUT2D eigenvalue weighted by molar-refractivity contribution is 6.11. The Bertz CT molecular complexity index is 1400. The molecule has 0 saturated carbocycles. The highest BCUT2D eigenvalue weighted by atomic mass is 19.1. The molecule has 31 heavy (non-hydrogen) atoms. The van der Waals surface area contributed by atoms with Gasteiger partial charge in [-0.25, -0.2) is 0 Å². The van der Waals surface area contributed by atoms with Crippen LogP contribution in [0.1, 0.15) is 15.9 Å². The number of hydrogen-bond acceptors (Lipinski definition) is 5. The molecule has 0 bridgehead atoms. The zero-order chi connectivity index (χ0) is 22.1. The van der Waals surface area contributed by atoms with E-state index in [0.29, 0.717) is 16.9 Å². The van der Waals surface area contributed by atoms with Gasteiger partial charge in [0.15, 0.2) is 11.0 Å². The van der Waals surface area contributed by atoms with Gasteiger partial charge in [0.25, 0.3) is 5.91 Å². The van der Waals surface area contributed by atoms with Crippen LogP contribution in [-0.2, 0) is 0 Å². The number of hydrogen-bond donors (Lipinski definition) is 1. The first-order valence-electron chi connectivity index (χ1n) is 9.24. The minimum atomic E-state index is -1.01. The Balaban J connectivity index is 1.82. The number of nitro benzene ring substituents is 1. The summed E-state index contributed by atoms with van der Waals surface area (Å²) in [7, 11) is 0. The second-order valence-electron chi connectivity index (χ2n) is 6.81. The van der Waals surface area contributed by atoms with Gasteiger partial charge >= 0.3 is 5.69 Å². The number of para-hydroxylation sites is 1. The number of carbonyl (C=O) groups excluding carboxylic acids is 1. The van der Waals surface area contributed by atoms with E-state index < -0.39 is 22.3 Å². The predicted octanol–water partition coefficient (Wildman–Crippen LogP) is 5.07. The first kappa shape index (κ1) is 20.0. The molecule has 3 aromatic carbocycles. The van der Waals surface area contributed by atoms with E-state index in [1.807, 2.05) is 6.07 Å². The second-order valence-corrected chi connectivity index (χ2v) is 6.81. The van der Waals surface area contributed by atoms with Crippen LogP contribution in [0.3, 0.4) is 0 Å². The number of nitro groups is 1. The van der Waals surface area contributed by atoms with Crippen molar-refractivity contribution in [3.63, 3.8) is 0 Å². The number of nitrogens with zero attached hydrogens (tertiary/aromatic N) is 1. The first-order chi connectivity index (χ1) is 14.9. The largest absolute Gasteiger partial charge is 0.455 e. The molecule has 1 heterocycles. The molecule has 1 N–H and O–H groups in total. The van der Waals surface area contributed by atoms with Crippen molar-refractivity contribution in [2.75, 3.05) is 5.32 Å². The van der Waals surface area contributed by atoms with Crippen LogP contribution in [0, 0.1) is 22.9 Å². The Kier molecular flexibility index (Phi) is 5.04. The molecule has 0 aliphatic carbocycles. The Hall–Kier alpha value is -4.33. The fourth-order valence-corrected chi connectivity index (χ4v) is 3.28. The van der Waals surface area contributed by atoms with Crippen molar-refractivity contribution in [3.05, 3.63) is 104 Å². The quantitative estimate of drug-likeness (QED) is 0.368. The highest BCUT2D eigenvalue weighted by Gasteiger charge is 2.20. The fraction of sp³-hybridized carbons (Fsp3) is 0.0435. The molecule has 0 aliphatic heterocycles. The van der Waals surface area contributed by atoms with Crippen LogP contribution in [0.2, 0.25) is 0 Å². The fourth-order valence-electron chi connectivity index (χ4n) is 3.28. The standard InChI is InChI=1S/C23H15FN2O5/c1-13-20(27)16-8-5-9-17(22(16)31-21(13)14-6-3-2-4-7-14)23(28)25-15-10-11-18(24)19(12-15)26(29)30/h2-12H,1H3,(H,25,28). The van der Waals surface area contributed by atoms with E-state index in [-0.39, 0.29) is 27.6 Å². The van der Waals surface area contributed by atoms with Crippen molar-refractivity contribution < 1.29 is 18.5 Å². The summed E-state index contributed by atoms with van der Waals surface area (Å²) in [5.74, 6) is -1.32. The molecule has 0 aliphatic rings. The van der Waals surface area contributed by atoms with E-state index in [9.17, 15) is 24.1 Å². The molecule has 154 valence electrons. The van der Waals surface area contributed by atoms with Crippen molar-refractivity contribution in [2.24, 2.45) is 0 Å². The number of nitrogens with one attached hydrogen (secondary N) is 1. The molecule has 1 amide bonds. The van der Waals surface area contributed by atoms with Crippen LogP contribution in [-0.4, -0.2) is 10.8 Å².